The molecule has 0 spiro atoms. The highest BCUT2D eigenvalue weighted by Crippen LogP contribution is 2.20. The zero-order valence-corrected chi connectivity index (χ0v) is 13.2. The summed E-state index contributed by atoms with van der Waals surface area (Å²) in [4.78, 5) is 16.8. The van der Waals surface area contributed by atoms with Gasteiger partial charge in [0.25, 0.3) is 5.91 Å². The monoisotopic (exact) mass is 309 g/mol. The summed E-state index contributed by atoms with van der Waals surface area (Å²) in [7, 11) is 1.64. The normalized spacial score (nSPS) is 12.1. The first-order valence-corrected chi connectivity index (χ1v) is 7.60. The largest absolute Gasteiger partial charge is 0.497 e. The minimum absolute atomic E-state index is 0.0489. The summed E-state index contributed by atoms with van der Waals surface area (Å²) in [6.07, 6.45) is 4.28. The van der Waals surface area contributed by atoms with Gasteiger partial charge in [0.05, 0.1) is 13.2 Å². The summed E-state index contributed by atoms with van der Waals surface area (Å²) in [5.41, 5.74) is 2.39. The lowest BCUT2D eigenvalue weighted by Gasteiger charge is -2.18. The zero-order chi connectivity index (χ0) is 16.2. The van der Waals surface area contributed by atoms with Crippen molar-refractivity contribution in [3.05, 3.63) is 66.1 Å². The second-order valence-electron chi connectivity index (χ2n) is 5.27. The number of nitrogens with one attached hydrogen (secondary N) is 1. The number of nitrogens with zero attached hydrogens (tertiary/aromatic N) is 2. The third kappa shape index (κ3) is 3.04. The summed E-state index contributed by atoms with van der Waals surface area (Å²) in [6.45, 7) is 2.05. The van der Waals surface area contributed by atoms with Crippen LogP contribution >= 0.6 is 0 Å². The minimum Gasteiger partial charge on any atom is -0.497 e. The number of aromatic nitrogens is 2. The van der Waals surface area contributed by atoms with E-state index < -0.39 is 0 Å². The summed E-state index contributed by atoms with van der Waals surface area (Å²) >= 11 is 0. The first-order chi connectivity index (χ1) is 11.2. The zero-order valence-electron chi connectivity index (χ0n) is 13.2. The van der Waals surface area contributed by atoms with Crippen molar-refractivity contribution in [3.8, 4) is 5.75 Å². The second-order valence-corrected chi connectivity index (χ2v) is 5.27. The van der Waals surface area contributed by atoms with Gasteiger partial charge in [0.1, 0.15) is 17.1 Å². The lowest BCUT2D eigenvalue weighted by molar-refractivity contribution is 0.0929. The Labute approximate surface area is 134 Å². The standard InChI is InChI=1S/C18H19N3O2/c1-3-15(13-7-9-14(23-2)10-8-13)20-18(22)16-5-4-6-17-19-11-12-21(16)17/h4-12,15H,3H2,1-2H3,(H,20,22). The Morgan fingerprint density at radius 3 is 2.74 bits per heavy atom. The highest BCUT2D eigenvalue weighted by atomic mass is 16.5. The molecule has 0 aliphatic rings. The number of pyridine rings is 1. The van der Waals surface area contributed by atoms with Gasteiger partial charge in [-0.3, -0.25) is 9.20 Å². The number of carbonyl (C=O) groups is 1. The quantitative estimate of drug-likeness (QED) is 0.787. The van der Waals surface area contributed by atoms with Gasteiger partial charge in [0, 0.05) is 12.4 Å². The number of carbonyl (C=O) groups excluding carboxylic acids is 1. The van der Waals surface area contributed by atoms with Crippen LogP contribution in [0.2, 0.25) is 0 Å². The van der Waals surface area contributed by atoms with Crippen LogP contribution in [0.5, 0.6) is 5.75 Å². The number of rotatable bonds is 5. The fourth-order valence-electron chi connectivity index (χ4n) is 2.62. The average Bonchev–Trinajstić information content (AvgIpc) is 3.08. The summed E-state index contributed by atoms with van der Waals surface area (Å²) in [5, 5.41) is 3.09. The Morgan fingerprint density at radius 1 is 1.26 bits per heavy atom. The molecule has 118 valence electrons. The topological polar surface area (TPSA) is 55.6 Å². The van der Waals surface area contributed by atoms with Crippen LogP contribution < -0.4 is 10.1 Å². The van der Waals surface area contributed by atoms with Gasteiger partial charge in [-0.15, -0.1) is 0 Å². The molecular weight excluding hydrogens is 290 g/mol. The van der Waals surface area contributed by atoms with Gasteiger partial charge in [0.15, 0.2) is 0 Å². The molecule has 0 bridgehead atoms. The fourth-order valence-corrected chi connectivity index (χ4v) is 2.62. The van der Waals surface area contributed by atoms with Gasteiger partial charge in [0.2, 0.25) is 0 Å². The number of fused-ring (bicyclic) bond motifs is 1. The molecule has 3 rings (SSSR count). The van der Waals surface area contributed by atoms with Gasteiger partial charge in [-0.1, -0.05) is 25.1 Å². The van der Waals surface area contributed by atoms with Gasteiger partial charge < -0.3 is 10.1 Å². The molecule has 0 radical (unpaired) electrons. The number of imidazole rings is 1. The molecule has 1 N–H and O–H groups in total. The molecule has 0 saturated heterocycles. The van der Waals surface area contributed by atoms with E-state index in [9.17, 15) is 4.79 Å². The maximum absolute atomic E-state index is 12.6. The van der Waals surface area contributed by atoms with Gasteiger partial charge >= 0.3 is 0 Å². The van der Waals surface area contributed by atoms with Crippen molar-refractivity contribution in [3.63, 3.8) is 0 Å². The van der Waals surface area contributed by atoms with E-state index in [4.69, 9.17) is 4.74 Å². The molecule has 0 aliphatic heterocycles. The van der Waals surface area contributed by atoms with E-state index in [1.807, 2.05) is 43.3 Å². The van der Waals surface area contributed by atoms with E-state index in [-0.39, 0.29) is 11.9 Å². The smallest absolute Gasteiger partial charge is 0.268 e. The number of methoxy groups -OCH3 is 1. The van der Waals surface area contributed by atoms with Crippen molar-refractivity contribution in [1.29, 1.82) is 0 Å². The van der Waals surface area contributed by atoms with Crippen LogP contribution in [0.1, 0.15) is 35.4 Å². The molecule has 0 fully saturated rings. The highest BCUT2D eigenvalue weighted by molar-refractivity contribution is 5.93. The molecular formula is C18H19N3O2. The Kier molecular flexibility index (Phi) is 4.28. The van der Waals surface area contributed by atoms with E-state index in [0.29, 0.717) is 5.69 Å². The van der Waals surface area contributed by atoms with Gasteiger partial charge in [-0.2, -0.15) is 0 Å². The Balaban J connectivity index is 1.83. The average molecular weight is 309 g/mol. The molecule has 0 aliphatic carbocycles. The van der Waals surface area contributed by atoms with Crippen LogP contribution in [0.25, 0.3) is 5.65 Å². The molecule has 2 aromatic heterocycles. The highest BCUT2D eigenvalue weighted by Gasteiger charge is 2.16. The molecule has 0 saturated carbocycles. The molecule has 2 heterocycles. The van der Waals surface area contributed by atoms with E-state index in [0.717, 1.165) is 23.4 Å². The second kappa shape index (κ2) is 6.52. The number of benzene rings is 1. The maximum atomic E-state index is 12.6. The van der Waals surface area contributed by atoms with Crippen molar-refractivity contribution in [2.75, 3.05) is 7.11 Å². The summed E-state index contributed by atoms with van der Waals surface area (Å²) in [5.74, 6) is 0.689. The lowest BCUT2D eigenvalue weighted by atomic mass is 10.0. The van der Waals surface area contributed by atoms with Crippen LogP contribution in [-0.2, 0) is 0 Å². The molecule has 23 heavy (non-hydrogen) atoms. The Bertz CT molecular complexity index is 809. The van der Waals surface area contributed by atoms with Crippen LogP contribution in [0, 0.1) is 0 Å². The van der Waals surface area contributed by atoms with Crippen LogP contribution in [0.15, 0.2) is 54.9 Å². The van der Waals surface area contributed by atoms with E-state index in [1.54, 1.807) is 30.0 Å². The van der Waals surface area contributed by atoms with Crippen LogP contribution in [-0.4, -0.2) is 22.4 Å². The molecule has 1 atom stereocenters. The fraction of sp³-hybridized carbons (Fsp3) is 0.222. The van der Waals surface area contributed by atoms with Gasteiger partial charge in [-0.25, -0.2) is 4.98 Å². The predicted octanol–water partition coefficient (Wildman–Crippen LogP) is 3.22. The predicted molar refractivity (Wildman–Crippen MR) is 88.7 cm³/mol. The summed E-state index contributed by atoms with van der Waals surface area (Å²) < 4.78 is 6.96. The Hall–Kier alpha value is -2.82. The van der Waals surface area contributed by atoms with Crippen molar-refractivity contribution in [2.45, 2.75) is 19.4 Å². The number of amides is 1. The maximum Gasteiger partial charge on any atom is 0.268 e. The molecule has 5 nitrogen and oxygen atoms in total. The van der Waals surface area contributed by atoms with E-state index in [1.165, 1.54) is 0 Å². The molecule has 5 heteroatoms. The molecule has 3 aromatic rings. The number of ether oxygens (including phenoxy) is 1. The first kappa shape index (κ1) is 15.1. The van der Waals surface area contributed by atoms with Crippen molar-refractivity contribution in [2.24, 2.45) is 0 Å². The minimum atomic E-state index is -0.115. The van der Waals surface area contributed by atoms with Crippen molar-refractivity contribution in [1.82, 2.24) is 14.7 Å². The Morgan fingerprint density at radius 2 is 2.04 bits per heavy atom. The van der Waals surface area contributed by atoms with Crippen LogP contribution in [0.3, 0.4) is 0 Å². The number of hydrogen-bond acceptors (Lipinski definition) is 3. The summed E-state index contributed by atoms with van der Waals surface area (Å²) in [6, 6.07) is 13.2. The third-order valence-electron chi connectivity index (χ3n) is 3.89. The van der Waals surface area contributed by atoms with E-state index in [2.05, 4.69) is 10.3 Å². The molecule has 1 amide bonds. The lowest BCUT2D eigenvalue weighted by Crippen LogP contribution is -2.29. The molecule has 1 aromatic carbocycles. The van der Waals surface area contributed by atoms with Crippen molar-refractivity contribution >= 4 is 11.6 Å². The van der Waals surface area contributed by atoms with Gasteiger partial charge in [-0.05, 0) is 36.2 Å². The third-order valence-corrected chi connectivity index (χ3v) is 3.89. The first-order valence-electron chi connectivity index (χ1n) is 7.60. The number of hydrogen-bond donors (Lipinski definition) is 1. The van der Waals surface area contributed by atoms with Crippen LogP contribution in [0.4, 0.5) is 0 Å². The SMILES string of the molecule is CCC(NC(=O)c1cccc2nccn12)c1ccc(OC)cc1. The molecule has 1 unspecified atom stereocenters. The van der Waals surface area contributed by atoms with Crippen molar-refractivity contribution < 1.29 is 9.53 Å². The van der Waals surface area contributed by atoms with E-state index >= 15 is 0 Å².